The average molecular weight is 539 g/mol. The second kappa shape index (κ2) is 13.0. The zero-order valence-corrected chi connectivity index (χ0v) is 22.6. The maximum absolute atomic E-state index is 11.9. The molecule has 11 heteroatoms. The van der Waals surface area contributed by atoms with Gasteiger partial charge in [0.1, 0.15) is 12.4 Å². The number of nitrogens with one attached hydrogen (secondary N) is 3. The first kappa shape index (κ1) is 29.4. The second-order valence-electron chi connectivity index (χ2n) is 8.79. The molecule has 0 saturated heterocycles. The van der Waals surface area contributed by atoms with Gasteiger partial charge in [-0.05, 0) is 48.7 Å². The molecule has 9 nitrogen and oxygen atoms in total. The number of H-pyrrole nitrogens is 1. The van der Waals surface area contributed by atoms with Crippen molar-refractivity contribution in [2.45, 2.75) is 25.9 Å². The minimum Gasteiger partial charge on any atom is -0.492 e. The highest BCUT2D eigenvalue weighted by molar-refractivity contribution is 7.92. The van der Waals surface area contributed by atoms with Crippen LogP contribution >= 0.6 is 12.4 Å². The molecule has 0 aliphatic carbocycles. The van der Waals surface area contributed by atoms with Crippen LogP contribution < -0.4 is 14.8 Å². The number of halogens is 1. The normalized spacial score (nSPS) is 12.1. The summed E-state index contributed by atoms with van der Waals surface area (Å²) in [4.78, 5) is 16.9. The number of aliphatic hydroxyl groups excluding tert-OH is 1. The molecule has 1 amide bonds. The zero-order chi connectivity index (χ0) is 25.6. The van der Waals surface area contributed by atoms with Gasteiger partial charge < -0.3 is 25.0 Å². The number of benzene rings is 2. The van der Waals surface area contributed by atoms with Crippen LogP contribution in [0, 0.1) is 6.92 Å². The minimum atomic E-state index is -3.38. The van der Waals surface area contributed by atoms with E-state index in [4.69, 9.17) is 4.74 Å². The number of fused-ring (bicyclic) bond motifs is 1. The topological polar surface area (TPSA) is 124 Å². The first-order chi connectivity index (χ1) is 16.5. The van der Waals surface area contributed by atoms with Crippen LogP contribution in [-0.4, -0.2) is 69.4 Å². The third-order valence-corrected chi connectivity index (χ3v) is 6.29. The molecule has 0 radical (unpaired) electrons. The number of amides is 1. The van der Waals surface area contributed by atoms with E-state index in [1.54, 1.807) is 43.3 Å². The van der Waals surface area contributed by atoms with Gasteiger partial charge in [-0.2, -0.15) is 0 Å². The summed E-state index contributed by atoms with van der Waals surface area (Å²) in [6.45, 7) is 3.29. The van der Waals surface area contributed by atoms with Crippen molar-refractivity contribution in [2.75, 3.05) is 44.8 Å². The van der Waals surface area contributed by atoms with Crippen molar-refractivity contribution in [3.8, 4) is 5.75 Å². The van der Waals surface area contributed by atoms with Crippen molar-refractivity contribution in [2.24, 2.45) is 0 Å². The fourth-order valence-corrected chi connectivity index (χ4v) is 4.34. The standard InChI is InChI=1S/C25H34N4O5S.ClH/c1-17-21-9-8-20(15-23(21)27-22(17)10-11-25(31)29(2)3)34-13-12-26-16-24(30)18-6-5-7-19(14-18)28-35(4,32)33;/h5-9,14-15,24,26-28,30H,10-13,16H2,1-4H3;1H/t24-;/m0./s1. The quantitative estimate of drug-likeness (QED) is 0.263. The number of nitrogens with zero attached hydrogens (tertiary/aromatic N) is 1. The van der Waals surface area contributed by atoms with Gasteiger partial charge in [-0.25, -0.2) is 8.42 Å². The summed E-state index contributed by atoms with van der Waals surface area (Å²) in [5.74, 6) is 0.833. The van der Waals surface area contributed by atoms with Gasteiger partial charge in [0.2, 0.25) is 15.9 Å². The molecule has 0 saturated carbocycles. The highest BCUT2D eigenvalue weighted by atomic mass is 35.5. The molecular formula is C25H35ClN4O5S. The van der Waals surface area contributed by atoms with E-state index < -0.39 is 16.1 Å². The molecule has 1 atom stereocenters. The molecule has 0 unspecified atom stereocenters. The van der Waals surface area contributed by atoms with Gasteiger partial charge in [-0.15, -0.1) is 12.4 Å². The maximum atomic E-state index is 11.9. The summed E-state index contributed by atoms with van der Waals surface area (Å²) in [6.07, 6.45) is 1.42. The summed E-state index contributed by atoms with van der Waals surface area (Å²) < 4.78 is 31.0. The number of hydrogen-bond acceptors (Lipinski definition) is 6. The fourth-order valence-electron chi connectivity index (χ4n) is 3.79. The molecule has 0 spiro atoms. The average Bonchev–Trinajstić information content (AvgIpc) is 3.10. The Morgan fingerprint density at radius 2 is 1.94 bits per heavy atom. The van der Waals surface area contributed by atoms with Gasteiger partial charge in [-0.3, -0.25) is 9.52 Å². The number of aromatic nitrogens is 1. The van der Waals surface area contributed by atoms with Crippen molar-refractivity contribution in [3.63, 3.8) is 0 Å². The summed E-state index contributed by atoms with van der Waals surface area (Å²) in [5, 5.41) is 14.7. The number of rotatable bonds is 12. The smallest absolute Gasteiger partial charge is 0.229 e. The van der Waals surface area contributed by atoms with E-state index in [0.717, 1.165) is 34.2 Å². The molecule has 198 valence electrons. The lowest BCUT2D eigenvalue weighted by Gasteiger charge is -2.14. The van der Waals surface area contributed by atoms with E-state index >= 15 is 0 Å². The Kier molecular flexibility index (Phi) is 10.6. The summed E-state index contributed by atoms with van der Waals surface area (Å²) >= 11 is 0. The predicted octanol–water partition coefficient (Wildman–Crippen LogP) is 2.99. The second-order valence-corrected chi connectivity index (χ2v) is 10.5. The third kappa shape index (κ3) is 8.41. The van der Waals surface area contributed by atoms with Crippen LogP contribution in [-0.2, 0) is 21.2 Å². The minimum absolute atomic E-state index is 0. The van der Waals surface area contributed by atoms with Crippen LogP contribution in [0.3, 0.4) is 0 Å². The van der Waals surface area contributed by atoms with E-state index in [2.05, 4.69) is 21.9 Å². The molecule has 3 rings (SSSR count). The number of aryl methyl sites for hydroxylation is 2. The SMILES string of the molecule is Cc1c(CCC(=O)N(C)C)[nH]c2cc(OCCNC[C@H](O)c3cccc(NS(C)(=O)=O)c3)ccc12.Cl. The molecule has 0 aliphatic rings. The Bertz CT molecular complexity index is 1280. The van der Waals surface area contributed by atoms with Gasteiger partial charge in [0, 0.05) is 62.0 Å². The van der Waals surface area contributed by atoms with Crippen LogP contribution in [0.1, 0.15) is 29.3 Å². The van der Waals surface area contributed by atoms with Crippen molar-refractivity contribution in [1.29, 1.82) is 0 Å². The van der Waals surface area contributed by atoms with Gasteiger partial charge in [0.25, 0.3) is 0 Å². The first-order valence-electron chi connectivity index (χ1n) is 11.4. The molecule has 2 aromatic carbocycles. The van der Waals surface area contributed by atoms with Crippen molar-refractivity contribution >= 4 is 44.9 Å². The number of hydrogen-bond donors (Lipinski definition) is 4. The Morgan fingerprint density at radius 1 is 1.19 bits per heavy atom. The molecule has 3 aromatic rings. The number of sulfonamides is 1. The Morgan fingerprint density at radius 3 is 2.64 bits per heavy atom. The van der Waals surface area contributed by atoms with Crippen LogP contribution in [0.5, 0.6) is 5.75 Å². The Balaban J connectivity index is 0.00000456. The Hall–Kier alpha value is -2.79. The lowest BCUT2D eigenvalue weighted by atomic mass is 10.1. The van der Waals surface area contributed by atoms with Crippen molar-refractivity contribution in [3.05, 3.63) is 59.3 Å². The van der Waals surface area contributed by atoms with E-state index in [1.165, 1.54) is 0 Å². The van der Waals surface area contributed by atoms with E-state index in [1.807, 2.05) is 18.2 Å². The lowest BCUT2D eigenvalue weighted by Crippen LogP contribution is -2.26. The highest BCUT2D eigenvalue weighted by Crippen LogP contribution is 2.26. The number of ether oxygens (including phenoxy) is 1. The first-order valence-corrected chi connectivity index (χ1v) is 13.3. The molecule has 0 bridgehead atoms. The summed E-state index contributed by atoms with van der Waals surface area (Å²) in [6, 6.07) is 12.6. The van der Waals surface area contributed by atoms with Crippen LogP contribution in [0.4, 0.5) is 5.69 Å². The van der Waals surface area contributed by atoms with Gasteiger partial charge in [0.15, 0.2) is 0 Å². The van der Waals surface area contributed by atoms with Crippen LogP contribution in [0.2, 0.25) is 0 Å². The van der Waals surface area contributed by atoms with E-state index in [-0.39, 0.29) is 18.3 Å². The summed E-state index contributed by atoms with van der Waals surface area (Å²) in [7, 11) is 0.145. The molecule has 4 N–H and O–H groups in total. The molecule has 1 heterocycles. The predicted molar refractivity (Wildman–Crippen MR) is 146 cm³/mol. The fraction of sp³-hybridized carbons (Fsp3) is 0.400. The maximum Gasteiger partial charge on any atom is 0.229 e. The molecule has 1 aromatic heterocycles. The van der Waals surface area contributed by atoms with Crippen molar-refractivity contribution in [1.82, 2.24) is 15.2 Å². The number of aliphatic hydroxyl groups is 1. The summed E-state index contributed by atoms with van der Waals surface area (Å²) in [5.41, 5.74) is 4.19. The largest absolute Gasteiger partial charge is 0.492 e. The van der Waals surface area contributed by atoms with Gasteiger partial charge in [0.05, 0.1) is 12.4 Å². The number of carbonyl (C=O) groups excluding carboxylic acids is 1. The van der Waals surface area contributed by atoms with Gasteiger partial charge >= 0.3 is 0 Å². The lowest BCUT2D eigenvalue weighted by molar-refractivity contribution is -0.128. The van der Waals surface area contributed by atoms with E-state index in [9.17, 15) is 18.3 Å². The van der Waals surface area contributed by atoms with Crippen LogP contribution in [0.15, 0.2) is 42.5 Å². The molecule has 0 fully saturated rings. The van der Waals surface area contributed by atoms with E-state index in [0.29, 0.717) is 43.8 Å². The number of carbonyl (C=O) groups is 1. The zero-order valence-electron chi connectivity index (χ0n) is 21.0. The highest BCUT2D eigenvalue weighted by Gasteiger charge is 2.12. The molecule has 0 aliphatic heterocycles. The number of anilines is 1. The molecular weight excluding hydrogens is 504 g/mol. The molecule has 36 heavy (non-hydrogen) atoms. The third-order valence-electron chi connectivity index (χ3n) is 5.68. The number of aromatic amines is 1. The van der Waals surface area contributed by atoms with Gasteiger partial charge in [-0.1, -0.05) is 12.1 Å². The van der Waals surface area contributed by atoms with Crippen molar-refractivity contribution < 1.29 is 23.1 Å². The Labute approximate surface area is 218 Å². The van der Waals surface area contributed by atoms with Crippen LogP contribution in [0.25, 0.3) is 10.9 Å². The monoisotopic (exact) mass is 538 g/mol.